The molecule has 21 heavy (non-hydrogen) atoms. The average Bonchev–Trinajstić information content (AvgIpc) is 2.78. The van der Waals surface area contributed by atoms with Gasteiger partial charge in [-0.1, -0.05) is 45.9 Å². The predicted molar refractivity (Wildman–Crippen MR) is 87.3 cm³/mol. The van der Waals surface area contributed by atoms with Crippen molar-refractivity contribution in [1.82, 2.24) is 5.32 Å². The molecular formula is C19H29NO. The molecule has 2 N–H and O–H groups in total. The third-order valence-electron chi connectivity index (χ3n) is 6.92. The van der Waals surface area contributed by atoms with Crippen molar-refractivity contribution in [3.05, 3.63) is 29.8 Å². The van der Waals surface area contributed by atoms with Crippen LogP contribution in [0.2, 0.25) is 0 Å². The molecule has 0 aliphatic heterocycles. The molecule has 1 aromatic rings. The molecule has 116 valence electrons. The summed E-state index contributed by atoms with van der Waals surface area (Å²) >= 11 is 0. The largest absolute Gasteiger partial charge is 0.508 e. The number of para-hydroxylation sites is 1. The molecule has 2 nitrogen and oxygen atoms in total. The highest BCUT2D eigenvalue weighted by Gasteiger charge is 2.61. The van der Waals surface area contributed by atoms with Gasteiger partial charge < -0.3 is 10.4 Å². The highest BCUT2D eigenvalue weighted by atomic mass is 16.3. The molecule has 0 aromatic heterocycles. The number of phenolic OH excluding ortho intramolecular Hbond substituents is 1. The number of fused-ring (bicyclic) bond motifs is 2. The number of aromatic hydroxyl groups is 1. The van der Waals surface area contributed by atoms with Crippen molar-refractivity contribution >= 4 is 0 Å². The molecular weight excluding hydrogens is 258 g/mol. The number of rotatable bonds is 4. The second-order valence-electron chi connectivity index (χ2n) is 7.85. The third-order valence-corrected chi connectivity index (χ3v) is 6.92. The Morgan fingerprint density at radius 2 is 2.00 bits per heavy atom. The molecule has 2 saturated carbocycles. The summed E-state index contributed by atoms with van der Waals surface area (Å²) in [6.45, 7) is 9.57. The highest BCUT2D eigenvalue weighted by Crippen LogP contribution is 2.65. The summed E-state index contributed by atoms with van der Waals surface area (Å²) in [5.41, 5.74) is 1.86. The number of phenols is 1. The zero-order valence-corrected chi connectivity index (χ0v) is 13.8. The van der Waals surface area contributed by atoms with Gasteiger partial charge >= 0.3 is 0 Å². The van der Waals surface area contributed by atoms with E-state index in [1.807, 2.05) is 12.1 Å². The van der Waals surface area contributed by atoms with E-state index in [9.17, 15) is 5.11 Å². The Hall–Kier alpha value is -1.02. The van der Waals surface area contributed by atoms with Crippen LogP contribution in [-0.4, -0.2) is 11.1 Å². The smallest absolute Gasteiger partial charge is 0.120 e. The topological polar surface area (TPSA) is 32.3 Å². The molecule has 2 heteroatoms. The Bertz CT molecular complexity index is 524. The van der Waals surface area contributed by atoms with Crippen molar-refractivity contribution in [1.29, 1.82) is 0 Å². The number of hydrogen-bond donors (Lipinski definition) is 2. The van der Waals surface area contributed by atoms with Crippen LogP contribution in [0.1, 0.15) is 65.0 Å². The first kappa shape index (κ1) is 14.9. The molecule has 0 amide bonds. The van der Waals surface area contributed by atoms with Crippen molar-refractivity contribution in [2.75, 3.05) is 0 Å². The first-order valence-electron chi connectivity index (χ1n) is 8.44. The second kappa shape index (κ2) is 5.01. The maximum Gasteiger partial charge on any atom is 0.120 e. The minimum atomic E-state index is 0.253. The second-order valence-corrected chi connectivity index (χ2v) is 7.85. The van der Waals surface area contributed by atoms with Gasteiger partial charge in [-0.2, -0.15) is 0 Å². The number of hydrogen-bond acceptors (Lipinski definition) is 2. The minimum absolute atomic E-state index is 0.253. The molecule has 4 unspecified atom stereocenters. The van der Waals surface area contributed by atoms with Crippen LogP contribution in [0.25, 0.3) is 0 Å². The molecule has 0 spiro atoms. The molecule has 2 bridgehead atoms. The average molecular weight is 287 g/mol. The molecule has 2 aliphatic carbocycles. The van der Waals surface area contributed by atoms with Crippen LogP contribution in [0.4, 0.5) is 0 Å². The van der Waals surface area contributed by atoms with Gasteiger partial charge in [-0.15, -0.1) is 0 Å². The number of benzene rings is 1. The normalized spacial score (nSPS) is 35.0. The first-order valence-corrected chi connectivity index (χ1v) is 8.44. The van der Waals surface area contributed by atoms with Crippen LogP contribution in [0, 0.1) is 16.7 Å². The maximum absolute atomic E-state index is 10.1. The highest BCUT2D eigenvalue weighted by molar-refractivity contribution is 5.34. The Morgan fingerprint density at radius 1 is 1.29 bits per heavy atom. The molecule has 3 rings (SSSR count). The number of nitrogens with one attached hydrogen (secondary N) is 1. The van der Waals surface area contributed by atoms with E-state index in [1.165, 1.54) is 19.3 Å². The SMILES string of the molecule is CCC(NC1CC2CCC1(C)C2(C)C)c1ccccc1O. The zero-order chi connectivity index (χ0) is 15.3. The van der Waals surface area contributed by atoms with Gasteiger partial charge in [0, 0.05) is 17.6 Å². The standard InChI is InChI=1S/C19H29NO/c1-5-15(14-8-6-7-9-16(14)21)20-17-12-13-10-11-19(17,4)18(13,2)3/h6-9,13,15,17,20-21H,5,10-12H2,1-4H3. The Morgan fingerprint density at radius 3 is 2.52 bits per heavy atom. The summed E-state index contributed by atoms with van der Waals surface area (Å²) in [5.74, 6) is 1.27. The lowest BCUT2D eigenvalue weighted by molar-refractivity contribution is 0.114. The van der Waals surface area contributed by atoms with Gasteiger partial charge in [0.1, 0.15) is 5.75 Å². The quantitative estimate of drug-likeness (QED) is 0.845. The van der Waals surface area contributed by atoms with Gasteiger partial charge in [0.15, 0.2) is 0 Å². The van der Waals surface area contributed by atoms with Crippen molar-refractivity contribution < 1.29 is 5.11 Å². The van der Waals surface area contributed by atoms with Gasteiger partial charge in [0.05, 0.1) is 0 Å². The van der Waals surface area contributed by atoms with Gasteiger partial charge in [0.25, 0.3) is 0 Å². The molecule has 0 radical (unpaired) electrons. The maximum atomic E-state index is 10.1. The summed E-state index contributed by atoms with van der Waals surface area (Å²) < 4.78 is 0. The Labute approximate surface area is 129 Å². The Balaban J connectivity index is 1.82. The van der Waals surface area contributed by atoms with Gasteiger partial charge in [-0.3, -0.25) is 0 Å². The van der Waals surface area contributed by atoms with Gasteiger partial charge in [-0.05, 0) is 48.5 Å². The van der Waals surface area contributed by atoms with Gasteiger partial charge in [-0.25, -0.2) is 0 Å². The van der Waals surface area contributed by atoms with Crippen LogP contribution in [0.5, 0.6) is 5.75 Å². The summed E-state index contributed by atoms with van der Waals surface area (Å²) in [4.78, 5) is 0. The lowest BCUT2D eigenvalue weighted by Gasteiger charge is -2.41. The van der Waals surface area contributed by atoms with Crippen molar-refractivity contribution in [3.8, 4) is 5.75 Å². The van der Waals surface area contributed by atoms with Crippen LogP contribution < -0.4 is 5.32 Å². The third kappa shape index (κ3) is 2.11. The van der Waals surface area contributed by atoms with E-state index in [0.717, 1.165) is 17.9 Å². The van der Waals surface area contributed by atoms with Crippen LogP contribution in [0.3, 0.4) is 0 Å². The monoisotopic (exact) mass is 287 g/mol. The Kier molecular flexibility index (Phi) is 3.56. The van der Waals surface area contributed by atoms with E-state index in [-0.39, 0.29) is 6.04 Å². The minimum Gasteiger partial charge on any atom is -0.508 e. The summed E-state index contributed by atoms with van der Waals surface area (Å²) in [7, 11) is 0. The summed E-state index contributed by atoms with van der Waals surface area (Å²) in [6, 6.07) is 8.59. The lowest BCUT2D eigenvalue weighted by Crippen LogP contribution is -2.45. The summed E-state index contributed by atoms with van der Waals surface area (Å²) in [5, 5.41) is 14.0. The van der Waals surface area contributed by atoms with E-state index in [0.29, 0.717) is 22.6 Å². The fourth-order valence-electron chi connectivity index (χ4n) is 4.91. The molecule has 4 atom stereocenters. The van der Waals surface area contributed by atoms with Crippen molar-refractivity contribution in [3.63, 3.8) is 0 Å². The van der Waals surface area contributed by atoms with Crippen molar-refractivity contribution in [2.45, 2.75) is 65.5 Å². The first-order chi connectivity index (χ1) is 9.90. The van der Waals surface area contributed by atoms with E-state index >= 15 is 0 Å². The fraction of sp³-hybridized carbons (Fsp3) is 0.684. The molecule has 1 aromatic carbocycles. The van der Waals surface area contributed by atoms with Crippen LogP contribution >= 0.6 is 0 Å². The predicted octanol–water partition coefficient (Wildman–Crippen LogP) is 4.65. The molecule has 2 fully saturated rings. The van der Waals surface area contributed by atoms with E-state index in [1.54, 1.807) is 6.07 Å². The molecule has 0 heterocycles. The fourth-order valence-corrected chi connectivity index (χ4v) is 4.91. The van der Waals surface area contributed by atoms with E-state index in [2.05, 4.69) is 39.1 Å². The zero-order valence-electron chi connectivity index (χ0n) is 13.8. The van der Waals surface area contributed by atoms with E-state index in [4.69, 9.17) is 0 Å². The molecule has 0 saturated heterocycles. The van der Waals surface area contributed by atoms with Crippen LogP contribution in [-0.2, 0) is 0 Å². The van der Waals surface area contributed by atoms with Gasteiger partial charge in [0.2, 0.25) is 0 Å². The molecule has 2 aliphatic rings. The van der Waals surface area contributed by atoms with Crippen molar-refractivity contribution in [2.24, 2.45) is 16.7 Å². The van der Waals surface area contributed by atoms with E-state index < -0.39 is 0 Å². The van der Waals surface area contributed by atoms with Crippen LogP contribution in [0.15, 0.2) is 24.3 Å². The summed E-state index contributed by atoms with van der Waals surface area (Å²) in [6.07, 6.45) is 5.01. The lowest BCUT2D eigenvalue weighted by atomic mass is 9.69.